The van der Waals surface area contributed by atoms with Gasteiger partial charge >= 0.3 is 0 Å². The number of nitrogens with zero attached hydrogens (tertiary/aromatic N) is 1. The van der Waals surface area contributed by atoms with Crippen molar-refractivity contribution in [2.45, 2.75) is 58.7 Å². The molecule has 1 aromatic carbocycles. The smallest absolute Gasteiger partial charge is 0.122 e. The molecule has 104 valence electrons. The minimum Gasteiger partial charge on any atom is -0.384 e. The Bertz CT molecular complexity index is 467. The van der Waals surface area contributed by atoms with Crippen LogP contribution in [0.25, 0.3) is 0 Å². The fraction of sp³-hybridized carbons (Fsp3) is 0.562. The van der Waals surface area contributed by atoms with Crippen LogP contribution in [0.4, 0.5) is 0 Å². The predicted octanol–water partition coefficient (Wildman–Crippen LogP) is 3.04. The number of benzene rings is 1. The lowest BCUT2D eigenvalue weighted by molar-refractivity contribution is 0.189. The Balaban J connectivity index is 2.17. The highest BCUT2D eigenvalue weighted by Crippen LogP contribution is 2.28. The summed E-state index contributed by atoms with van der Waals surface area (Å²) in [7, 11) is 0. The lowest BCUT2D eigenvalue weighted by Gasteiger charge is -2.28. The third-order valence-corrected chi connectivity index (χ3v) is 4.43. The minimum atomic E-state index is 0.149. The molecule has 1 heterocycles. The molecule has 3 nitrogen and oxygen atoms in total. The van der Waals surface area contributed by atoms with Crippen molar-refractivity contribution in [1.82, 2.24) is 4.90 Å². The van der Waals surface area contributed by atoms with E-state index in [0.717, 1.165) is 18.2 Å². The van der Waals surface area contributed by atoms with Crippen molar-refractivity contribution in [3.63, 3.8) is 0 Å². The fourth-order valence-corrected chi connectivity index (χ4v) is 3.09. The van der Waals surface area contributed by atoms with E-state index in [-0.39, 0.29) is 5.84 Å². The molecule has 3 N–H and O–H groups in total. The van der Waals surface area contributed by atoms with Crippen LogP contribution >= 0.6 is 0 Å². The van der Waals surface area contributed by atoms with Gasteiger partial charge in [-0.05, 0) is 50.3 Å². The summed E-state index contributed by atoms with van der Waals surface area (Å²) in [5.74, 6) is 0.149. The van der Waals surface area contributed by atoms with E-state index in [1.54, 1.807) is 0 Å². The van der Waals surface area contributed by atoms with Crippen molar-refractivity contribution in [3.05, 3.63) is 34.9 Å². The molecule has 1 fully saturated rings. The SMILES string of the molecule is CCC1CCC(C)N1Cc1ccc(C(=N)N)cc1C. The van der Waals surface area contributed by atoms with E-state index < -0.39 is 0 Å². The number of aryl methyl sites for hydroxylation is 1. The molecule has 0 spiro atoms. The Labute approximate surface area is 116 Å². The second-order valence-corrected chi connectivity index (χ2v) is 5.72. The maximum atomic E-state index is 7.49. The zero-order valence-corrected chi connectivity index (χ0v) is 12.2. The first-order valence-corrected chi connectivity index (χ1v) is 7.22. The molecule has 1 saturated heterocycles. The first kappa shape index (κ1) is 14.1. The van der Waals surface area contributed by atoms with Gasteiger partial charge in [-0.3, -0.25) is 10.3 Å². The van der Waals surface area contributed by atoms with Gasteiger partial charge in [0.05, 0.1) is 0 Å². The van der Waals surface area contributed by atoms with Crippen molar-refractivity contribution in [1.29, 1.82) is 5.41 Å². The van der Waals surface area contributed by atoms with E-state index in [4.69, 9.17) is 11.1 Å². The van der Waals surface area contributed by atoms with Gasteiger partial charge in [0.25, 0.3) is 0 Å². The van der Waals surface area contributed by atoms with E-state index in [9.17, 15) is 0 Å². The third-order valence-electron chi connectivity index (χ3n) is 4.43. The van der Waals surface area contributed by atoms with Gasteiger partial charge in [0.2, 0.25) is 0 Å². The van der Waals surface area contributed by atoms with E-state index in [1.807, 2.05) is 12.1 Å². The van der Waals surface area contributed by atoms with E-state index in [0.29, 0.717) is 6.04 Å². The van der Waals surface area contributed by atoms with Crippen molar-refractivity contribution >= 4 is 5.84 Å². The summed E-state index contributed by atoms with van der Waals surface area (Å²) in [5, 5.41) is 7.49. The van der Waals surface area contributed by atoms with Crippen LogP contribution < -0.4 is 5.73 Å². The summed E-state index contributed by atoms with van der Waals surface area (Å²) >= 11 is 0. The lowest BCUT2D eigenvalue weighted by atomic mass is 10.0. The van der Waals surface area contributed by atoms with Crippen LogP contribution in [-0.4, -0.2) is 22.8 Å². The zero-order chi connectivity index (χ0) is 14.0. The normalized spacial score (nSPS) is 23.7. The summed E-state index contributed by atoms with van der Waals surface area (Å²) in [4.78, 5) is 2.62. The topological polar surface area (TPSA) is 53.1 Å². The zero-order valence-electron chi connectivity index (χ0n) is 12.2. The maximum absolute atomic E-state index is 7.49. The van der Waals surface area contributed by atoms with Crippen LogP contribution in [0, 0.1) is 12.3 Å². The Morgan fingerprint density at radius 3 is 2.74 bits per heavy atom. The Kier molecular flexibility index (Phi) is 4.25. The van der Waals surface area contributed by atoms with Gasteiger partial charge in [-0.25, -0.2) is 0 Å². The van der Waals surface area contributed by atoms with Crippen LogP contribution in [0.15, 0.2) is 18.2 Å². The number of nitrogens with one attached hydrogen (secondary N) is 1. The second-order valence-electron chi connectivity index (χ2n) is 5.72. The molecular formula is C16H25N3. The van der Waals surface area contributed by atoms with Crippen LogP contribution in [0.1, 0.15) is 49.8 Å². The highest BCUT2D eigenvalue weighted by atomic mass is 15.2. The molecule has 19 heavy (non-hydrogen) atoms. The molecule has 2 rings (SSSR count). The summed E-state index contributed by atoms with van der Waals surface area (Å²) < 4.78 is 0. The Morgan fingerprint density at radius 1 is 1.42 bits per heavy atom. The van der Waals surface area contributed by atoms with Crippen LogP contribution in [-0.2, 0) is 6.54 Å². The van der Waals surface area contributed by atoms with Gasteiger partial charge in [0.1, 0.15) is 5.84 Å². The van der Waals surface area contributed by atoms with E-state index in [2.05, 4.69) is 31.7 Å². The van der Waals surface area contributed by atoms with Crippen LogP contribution in [0.5, 0.6) is 0 Å². The average Bonchev–Trinajstić information content (AvgIpc) is 2.72. The molecule has 1 aromatic rings. The average molecular weight is 259 g/mol. The molecule has 0 bridgehead atoms. The van der Waals surface area contributed by atoms with Crippen LogP contribution in [0.3, 0.4) is 0 Å². The van der Waals surface area contributed by atoms with Crippen molar-refractivity contribution < 1.29 is 0 Å². The molecule has 1 aliphatic heterocycles. The summed E-state index contributed by atoms with van der Waals surface area (Å²) in [6.07, 6.45) is 3.86. The van der Waals surface area contributed by atoms with E-state index in [1.165, 1.54) is 30.4 Å². The van der Waals surface area contributed by atoms with Gasteiger partial charge < -0.3 is 5.73 Å². The third kappa shape index (κ3) is 2.98. The molecule has 0 radical (unpaired) electrons. The molecule has 1 aliphatic rings. The standard InChI is InChI=1S/C16H25N3/c1-4-15-8-5-12(3)19(15)10-14-7-6-13(16(17)18)9-11(14)2/h6-7,9,12,15H,4-5,8,10H2,1-3H3,(H3,17,18). The second kappa shape index (κ2) is 5.74. The molecule has 2 atom stereocenters. The first-order chi connectivity index (χ1) is 9.02. The Morgan fingerprint density at radius 2 is 2.16 bits per heavy atom. The van der Waals surface area contributed by atoms with Crippen molar-refractivity contribution in [2.24, 2.45) is 5.73 Å². The number of hydrogen-bond acceptors (Lipinski definition) is 2. The molecular weight excluding hydrogens is 234 g/mol. The van der Waals surface area contributed by atoms with Crippen LogP contribution in [0.2, 0.25) is 0 Å². The number of nitrogen functional groups attached to an aromatic ring is 1. The summed E-state index contributed by atoms with van der Waals surface area (Å²) in [6, 6.07) is 7.52. The van der Waals surface area contributed by atoms with Gasteiger partial charge in [0, 0.05) is 24.2 Å². The maximum Gasteiger partial charge on any atom is 0.122 e. The number of nitrogens with two attached hydrogens (primary N) is 1. The van der Waals surface area contributed by atoms with Gasteiger partial charge in [-0.2, -0.15) is 0 Å². The number of hydrogen-bond donors (Lipinski definition) is 2. The Hall–Kier alpha value is -1.35. The quantitative estimate of drug-likeness (QED) is 0.645. The highest BCUT2D eigenvalue weighted by Gasteiger charge is 2.29. The minimum absolute atomic E-state index is 0.149. The lowest BCUT2D eigenvalue weighted by Crippen LogP contribution is -2.33. The molecule has 0 amide bonds. The highest BCUT2D eigenvalue weighted by molar-refractivity contribution is 5.95. The van der Waals surface area contributed by atoms with Gasteiger partial charge in [-0.15, -0.1) is 0 Å². The molecule has 0 aliphatic carbocycles. The fourth-order valence-electron chi connectivity index (χ4n) is 3.09. The van der Waals surface area contributed by atoms with E-state index >= 15 is 0 Å². The largest absolute Gasteiger partial charge is 0.384 e. The monoisotopic (exact) mass is 259 g/mol. The number of rotatable bonds is 4. The van der Waals surface area contributed by atoms with Crippen molar-refractivity contribution in [3.8, 4) is 0 Å². The molecule has 3 heteroatoms. The molecule has 2 unspecified atom stereocenters. The molecule has 0 saturated carbocycles. The number of amidine groups is 1. The first-order valence-electron chi connectivity index (χ1n) is 7.22. The predicted molar refractivity (Wildman–Crippen MR) is 80.5 cm³/mol. The summed E-state index contributed by atoms with van der Waals surface area (Å²) in [5.41, 5.74) is 8.95. The molecule has 0 aromatic heterocycles. The van der Waals surface area contributed by atoms with Gasteiger partial charge in [-0.1, -0.05) is 19.1 Å². The van der Waals surface area contributed by atoms with Crippen molar-refractivity contribution in [2.75, 3.05) is 0 Å². The number of likely N-dealkylation sites (tertiary alicyclic amines) is 1. The van der Waals surface area contributed by atoms with Gasteiger partial charge in [0.15, 0.2) is 0 Å². The summed E-state index contributed by atoms with van der Waals surface area (Å²) in [6.45, 7) is 7.74.